The number of methoxy groups -OCH3 is 1. The molecule has 0 unspecified atom stereocenters. The number of ether oxygens (including phenoxy) is 3. The van der Waals surface area contributed by atoms with Crippen LogP contribution in [0, 0.1) is 11.3 Å². The van der Waals surface area contributed by atoms with Crippen molar-refractivity contribution in [3.05, 3.63) is 65.2 Å². The molecule has 1 heterocycles. The highest BCUT2D eigenvalue weighted by Gasteiger charge is 2.24. The molecule has 1 aliphatic heterocycles. The lowest BCUT2D eigenvalue weighted by Crippen LogP contribution is -2.49. The Kier molecular flexibility index (Phi) is 10.7. The molecule has 8 heteroatoms. The van der Waals surface area contributed by atoms with Crippen molar-refractivity contribution in [2.45, 2.75) is 38.9 Å². The molecule has 0 aromatic heterocycles. The number of nitrogens with zero attached hydrogens (tertiary/aromatic N) is 3. The molecule has 0 saturated carbocycles. The second-order valence-electron chi connectivity index (χ2n) is 8.72. The summed E-state index contributed by atoms with van der Waals surface area (Å²) in [6, 6.07) is 17.4. The molecule has 3 rings (SSSR count). The van der Waals surface area contributed by atoms with E-state index in [4.69, 9.17) is 19.5 Å². The van der Waals surface area contributed by atoms with Crippen LogP contribution < -0.4 is 4.74 Å². The molecule has 0 spiro atoms. The maximum atomic E-state index is 12.6. The summed E-state index contributed by atoms with van der Waals surface area (Å²) in [6.45, 7) is 6.06. The van der Waals surface area contributed by atoms with E-state index in [9.17, 15) is 9.59 Å². The fraction of sp³-hybridized carbons (Fsp3) is 0.464. The molecule has 0 N–H and O–H groups in total. The first-order valence-electron chi connectivity index (χ1n) is 12.4. The van der Waals surface area contributed by atoms with Crippen LogP contribution in [0.4, 0.5) is 0 Å². The quantitative estimate of drug-likeness (QED) is 0.416. The minimum atomic E-state index is -0.250. The Labute approximate surface area is 213 Å². The van der Waals surface area contributed by atoms with Crippen LogP contribution in [0.15, 0.2) is 48.5 Å². The molecule has 2 aromatic carbocycles. The Bertz CT molecular complexity index is 1030. The fourth-order valence-corrected chi connectivity index (χ4v) is 4.16. The maximum absolute atomic E-state index is 12.6. The van der Waals surface area contributed by atoms with Crippen LogP contribution in [0.25, 0.3) is 0 Å². The summed E-state index contributed by atoms with van der Waals surface area (Å²) in [7, 11) is 1.65. The Balaban J connectivity index is 1.55. The Morgan fingerprint density at radius 2 is 1.81 bits per heavy atom. The van der Waals surface area contributed by atoms with E-state index < -0.39 is 0 Å². The molecular formula is C28H35N3O5. The zero-order valence-corrected chi connectivity index (χ0v) is 21.2. The van der Waals surface area contributed by atoms with E-state index >= 15 is 0 Å². The van der Waals surface area contributed by atoms with E-state index in [0.29, 0.717) is 51.3 Å². The van der Waals surface area contributed by atoms with Crippen LogP contribution in [0.2, 0.25) is 0 Å². The number of amides is 1. The van der Waals surface area contributed by atoms with Crippen molar-refractivity contribution in [2.75, 3.05) is 46.4 Å². The number of piperazine rings is 1. The zero-order chi connectivity index (χ0) is 25.8. The number of hydrogen-bond donors (Lipinski definition) is 0. The number of esters is 1. The van der Waals surface area contributed by atoms with Gasteiger partial charge in [0.15, 0.2) is 0 Å². The van der Waals surface area contributed by atoms with Gasteiger partial charge in [0, 0.05) is 45.6 Å². The zero-order valence-electron chi connectivity index (χ0n) is 21.2. The molecule has 0 radical (unpaired) electrons. The summed E-state index contributed by atoms with van der Waals surface area (Å²) in [5.74, 6) is 0.609. The predicted octanol–water partition coefficient (Wildman–Crippen LogP) is 3.70. The van der Waals surface area contributed by atoms with E-state index in [1.54, 1.807) is 26.2 Å². The van der Waals surface area contributed by atoms with Gasteiger partial charge in [-0.05, 0) is 48.7 Å². The van der Waals surface area contributed by atoms with Gasteiger partial charge in [0.25, 0.3) is 0 Å². The standard InChI is InChI=1S/C28H35N3O5/c1-3-35-28(33)9-5-8-27(32)31-16-14-30(15-17-31)20-26(24-6-4-7-25(18-24)34-2)36-21-23-12-10-22(19-29)11-13-23/h4,6-7,10-13,18,26H,3,5,8-9,14-17,20-21H2,1-2H3/t26-/m0/s1. The second-order valence-corrected chi connectivity index (χ2v) is 8.72. The lowest BCUT2D eigenvalue weighted by atomic mass is 10.1. The number of benzene rings is 2. The minimum absolute atomic E-state index is 0.0837. The molecular weight excluding hydrogens is 458 g/mol. The van der Waals surface area contributed by atoms with Gasteiger partial charge in [-0.2, -0.15) is 5.26 Å². The summed E-state index contributed by atoms with van der Waals surface area (Å²) in [5, 5.41) is 9.02. The van der Waals surface area contributed by atoms with E-state index in [0.717, 1.165) is 30.0 Å². The molecule has 8 nitrogen and oxygen atoms in total. The monoisotopic (exact) mass is 493 g/mol. The van der Waals surface area contributed by atoms with Crippen molar-refractivity contribution in [1.29, 1.82) is 5.26 Å². The summed E-state index contributed by atoms with van der Waals surface area (Å²) in [4.78, 5) is 28.2. The summed E-state index contributed by atoms with van der Waals surface area (Å²) in [6.07, 6.45) is 0.971. The van der Waals surface area contributed by atoms with Crippen LogP contribution in [0.3, 0.4) is 0 Å². The van der Waals surface area contributed by atoms with Gasteiger partial charge in [0.2, 0.25) is 5.91 Å². The predicted molar refractivity (Wildman–Crippen MR) is 135 cm³/mol. The Morgan fingerprint density at radius 3 is 2.47 bits per heavy atom. The SMILES string of the molecule is CCOC(=O)CCCC(=O)N1CCN(C[C@H](OCc2ccc(C#N)cc2)c2cccc(OC)c2)CC1. The summed E-state index contributed by atoms with van der Waals surface area (Å²) >= 11 is 0. The van der Waals surface area contributed by atoms with Gasteiger partial charge >= 0.3 is 5.97 Å². The molecule has 192 valence electrons. The Morgan fingerprint density at radius 1 is 1.06 bits per heavy atom. The first-order valence-corrected chi connectivity index (χ1v) is 12.4. The van der Waals surface area contributed by atoms with Crippen molar-refractivity contribution >= 4 is 11.9 Å². The first kappa shape index (κ1) is 27.2. The highest BCUT2D eigenvalue weighted by Crippen LogP contribution is 2.25. The number of nitriles is 1. The average Bonchev–Trinajstić information content (AvgIpc) is 2.91. The average molecular weight is 494 g/mol. The van der Waals surface area contributed by atoms with Crippen LogP contribution in [-0.4, -0.2) is 68.1 Å². The lowest BCUT2D eigenvalue weighted by Gasteiger charge is -2.36. The molecule has 1 fully saturated rings. The van der Waals surface area contributed by atoms with E-state index in [1.165, 1.54) is 0 Å². The van der Waals surface area contributed by atoms with Gasteiger partial charge in [0.1, 0.15) is 5.75 Å². The van der Waals surface area contributed by atoms with Crippen LogP contribution in [-0.2, 0) is 25.7 Å². The third-order valence-corrected chi connectivity index (χ3v) is 6.23. The van der Waals surface area contributed by atoms with Crippen molar-refractivity contribution < 1.29 is 23.8 Å². The molecule has 36 heavy (non-hydrogen) atoms. The van der Waals surface area contributed by atoms with Gasteiger partial charge in [-0.1, -0.05) is 24.3 Å². The maximum Gasteiger partial charge on any atom is 0.305 e. The minimum Gasteiger partial charge on any atom is -0.497 e. The summed E-state index contributed by atoms with van der Waals surface area (Å²) in [5.41, 5.74) is 2.65. The number of rotatable bonds is 12. The van der Waals surface area contributed by atoms with Crippen LogP contribution in [0.5, 0.6) is 5.75 Å². The van der Waals surface area contributed by atoms with Crippen LogP contribution >= 0.6 is 0 Å². The van der Waals surface area contributed by atoms with E-state index in [2.05, 4.69) is 11.0 Å². The van der Waals surface area contributed by atoms with Gasteiger partial charge in [-0.25, -0.2) is 0 Å². The number of carbonyl (C=O) groups is 2. The fourth-order valence-electron chi connectivity index (χ4n) is 4.16. The smallest absolute Gasteiger partial charge is 0.305 e. The van der Waals surface area contributed by atoms with Crippen molar-refractivity contribution in [1.82, 2.24) is 9.80 Å². The molecule has 0 aliphatic carbocycles. The second kappa shape index (κ2) is 14.2. The van der Waals surface area contributed by atoms with Crippen LogP contribution in [0.1, 0.15) is 49.0 Å². The molecule has 0 bridgehead atoms. The highest BCUT2D eigenvalue weighted by atomic mass is 16.5. The first-order chi connectivity index (χ1) is 17.5. The van der Waals surface area contributed by atoms with Crippen molar-refractivity contribution in [2.24, 2.45) is 0 Å². The summed E-state index contributed by atoms with van der Waals surface area (Å²) < 4.78 is 16.7. The van der Waals surface area contributed by atoms with E-state index in [1.807, 2.05) is 41.3 Å². The molecule has 1 saturated heterocycles. The molecule has 2 aromatic rings. The topological polar surface area (TPSA) is 92.1 Å². The van der Waals surface area contributed by atoms with Gasteiger partial charge in [0.05, 0.1) is 38.1 Å². The molecule has 1 aliphatic rings. The molecule has 1 atom stereocenters. The third kappa shape index (κ3) is 8.36. The normalized spacial score (nSPS) is 14.6. The number of carbonyl (C=O) groups excluding carboxylic acids is 2. The van der Waals surface area contributed by atoms with Crippen molar-refractivity contribution in [3.8, 4) is 11.8 Å². The van der Waals surface area contributed by atoms with Crippen molar-refractivity contribution in [3.63, 3.8) is 0 Å². The number of hydrogen-bond acceptors (Lipinski definition) is 7. The Hall–Kier alpha value is -3.41. The molecule has 1 amide bonds. The largest absolute Gasteiger partial charge is 0.497 e. The van der Waals surface area contributed by atoms with Gasteiger partial charge in [-0.15, -0.1) is 0 Å². The third-order valence-electron chi connectivity index (χ3n) is 6.23. The van der Waals surface area contributed by atoms with Gasteiger partial charge < -0.3 is 19.1 Å². The van der Waals surface area contributed by atoms with E-state index in [-0.39, 0.29) is 24.4 Å². The van der Waals surface area contributed by atoms with Gasteiger partial charge in [-0.3, -0.25) is 14.5 Å². The highest BCUT2D eigenvalue weighted by molar-refractivity contribution is 5.77. The lowest BCUT2D eigenvalue weighted by molar-refractivity contribution is -0.143.